The van der Waals surface area contributed by atoms with Crippen LogP contribution >= 0.6 is 0 Å². The summed E-state index contributed by atoms with van der Waals surface area (Å²) in [4.78, 5) is 20.5. The van der Waals surface area contributed by atoms with E-state index in [2.05, 4.69) is 20.4 Å². The quantitative estimate of drug-likeness (QED) is 0.782. The topological polar surface area (TPSA) is 72.2 Å². The molecule has 1 N–H and O–H groups in total. The SMILES string of the molecule is Cc1cc(C)cc(NC(=O)c2nc3nccc(C)n3n2)c1. The lowest BCUT2D eigenvalue weighted by Crippen LogP contribution is -2.14. The lowest BCUT2D eigenvalue weighted by molar-refractivity contribution is 0.101. The van der Waals surface area contributed by atoms with E-state index in [-0.39, 0.29) is 11.7 Å². The highest BCUT2D eigenvalue weighted by Crippen LogP contribution is 2.14. The molecule has 0 aliphatic rings. The maximum absolute atomic E-state index is 12.2. The van der Waals surface area contributed by atoms with Gasteiger partial charge in [-0.2, -0.15) is 4.98 Å². The van der Waals surface area contributed by atoms with Gasteiger partial charge in [0.05, 0.1) is 0 Å². The zero-order chi connectivity index (χ0) is 15.0. The number of benzene rings is 1. The second-order valence-electron chi connectivity index (χ2n) is 5.06. The predicted molar refractivity (Wildman–Crippen MR) is 79.4 cm³/mol. The number of anilines is 1. The zero-order valence-electron chi connectivity index (χ0n) is 12.1. The number of hydrogen-bond acceptors (Lipinski definition) is 4. The van der Waals surface area contributed by atoms with Crippen molar-refractivity contribution in [3.63, 3.8) is 0 Å². The van der Waals surface area contributed by atoms with Crippen LogP contribution in [-0.2, 0) is 0 Å². The summed E-state index contributed by atoms with van der Waals surface area (Å²) >= 11 is 0. The normalized spacial score (nSPS) is 10.8. The lowest BCUT2D eigenvalue weighted by atomic mass is 10.1. The van der Waals surface area contributed by atoms with Gasteiger partial charge in [0.1, 0.15) is 0 Å². The van der Waals surface area contributed by atoms with E-state index in [1.54, 1.807) is 10.7 Å². The van der Waals surface area contributed by atoms with E-state index in [9.17, 15) is 4.79 Å². The fourth-order valence-electron chi connectivity index (χ4n) is 2.24. The Morgan fingerprint density at radius 2 is 1.86 bits per heavy atom. The fourth-order valence-corrected chi connectivity index (χ4v) is 2.24. The highest BCUT2D eigenvalue weighted by atomic mass is 16.2. The Bertz CT molecular complexity index is 817. The molecule has 6 heteroatoms. The molecule has 1 amide bonds. The number of nitrogens with zero attached hydrogens (tertiary/aromatic N) is 4. The molecule has 21 heavy (non-hydrogen) atoms. The number of carbonyl (C=O) groups excluding carboxylic acids is 1. The molecule has 106 valence electrons. The first-order valence-corrected chi connectivity index (χ1v) is 6.61. The molecule has 2 heterocycles. The first-order valence-electron chi connectivity index (χ1n) is 6.61. The van der Waals surface area contributed by atoms with E-state index in [0.29, 0.717) is 5.78 Å². The van der Waals surface area contributed by atoms with Crippen molar-refractivity contribution in [2.45, 2.75) is 20.8 Å². The average molecular weight is 281 g/mol. The Labute approximate surface area is 121 Å². The van der Waals surface area contributed by atoms with E-state index in [1.807, 2.05) is 45.0 Å². The summed E-state index contributed by atoms with van der Waals surface area (Å²) in [5.74, 6) is 0.182. The first-order chi connectivity index (χ1) is 10.0. The van der Waals surface area contributed by atoms with Crippen LogP contribution in [0.25, 0.3) is 5.78 Å². The van der Waals surface area contributed by atoms with Crippen molar-refractivity contribution in [2.75, 3.05) is 5.32 Å². The number of aryl methyl sites for hydroxylation is 3. The van der Waals surface area contributed by atoms with Crippen molar-refractivity contribution in [2.24, 2.45) is 0 Å². The largest absolute Gasteiger partial charge is 0.319 e. The molecule has 6 nitrogen and oxygen atoms in total. The van der Waals surface area contributed by atoms with Gasteiger partial charge in [-0.15, -0.1) is 5.10 Å². The van der Waals surface area contributed by atoms with Gasteiger partial charge in [-0.25, -0.2) is 9.50 Å². The first kappa shape index (κ1) is 13.2. The summed E-state index contributed by atoms with van der Waals surface area (Å²) in [6.07, 6.45) is 1.64. The third-order valence-corrected chi connectivity index (χ3v) is 3.11. The molecule has 1 aromatic carbocycles. The van der Waals surface area contributed by atoms with Crippen molar-refractivity contribution < 1.29 is 4.79 Å². The van der Waals surface area contributed by atoms with Crippen molar-refractivity contribution in [3.05, 3.63) is 53.1 Å². The van der Waals surface area contributed by atoms with Crippen molar-refractivity contribution in [1.29, 1.82) is 0 Å². The summed E-state index contributed by atoms with van der Waals surface area (Å²) in [6.45, 7) is 5.85. The van der Waals surface area contributed by atoms with E-state index in [0.717, 1.165) is 22.5 Å². The molecule has 0 aliphatic heterocycles. The standard InChI is InChI=1S/C15H15N5O/c1-9-6-10(2)8-12(7-9)17-14(21)13-18-15-16-5-4-11(3)20(15)19-13/h4-8H,1-3H3,(H,17,21). The number of aromatic nitrogens is 4. The molecule has 0 radical (unpaired) electrons. The Hall–Kier alpha value is -2.76. The van der Waals surface area contributed by atoms with E-state index in [1.165, 1.54) is 0 Å². The van der Waals surface area contributed by atoms with E-state index in [4.69, 9.17) is 0 Å². The Kier molecular flexibility index (Phi) is 3.13. The summed E-state index contributed by atoms with van der Waals surface area (Å²) in [7, 11) is 0. The minimum Gasteiger partial charge on any atom is -0.319 e. The smallest absolute Gasteiger partial charge is 0.295 e. The predicted octanol–water partition coefficient (Wildman–Crippen LogP) is 2.30. The number of amides is 1. The molecule has 2 aromatic heterocycles. The number of hydrogen-bond donors (Lipinski definition) is 1. The maximum Gasteiger partial charge on any atom is 0.295 e. The summed E-state index contributed by atoms with van der Waals surface area (Å²) in [6, 6.07) is 7.67. The van der Waals surface area contributed by atoms with Crippen LogP contribution in [-0.4, -0.2) is 25.5 Å². The number of fused-ring (bicyclic) bond motifs is 1. The molecule has 0 spiro atoms. The van der Waals surface area contributed by atoms with Crippen molar-refractivity contribution in [3.8, 4) is 0 Å². The second-order valence-corrected chi connectivity index (χ2v) is 5.06. The van der Waals surface area contributed by atoms with Gasteiger partial charge in [-0.05, 0) is 50.1 Å². The van der Waals surface area contributed by atoms with Crippen LogP contribution in [0, 0.1) is 20.8 Å². The van der Waals surface area contributed by atoms with Gasteiger partial charge < -0.3 is 5.32 Å². The maximum atomic E-state index is 12.2. The lowest BCUT2D eigenvalue weighted by Gasteiger charge is -2.05. The summed E-state index contributed by atoms with van der Waals surface area (Å²) in [5, 5.41) is 7.00. The Balaban J connectivity index is 1.91. The van der Waals surface area contributed by atoms with Crippen LogP contribution in [0.15, 0.2) is 30.5 Å². The monoisotopic (exact) mass is 281 g/mol. The summed E-state index contributed by atoms with van der Waals surface area (Å²) in [5.41, 5.74) is 3.79. The molecule has 0 bridgehead atoms. The van der Waals surface area contributed by atoms with Gasteiger partial charge in [-0.1, -0.05) is 6.07 Å². The van der Waals surface area contributed by atoms with Crippen molar-refractivity contribution in [1.82, 2.24) is 19.6 Å². The second kappa shape index (κ2) is 4.97. The van der Waals surface area contributed by atoms with Crippen molar-refractivity contribution >= 4 is 17.4 Å². The van der Waals surface area contributed by atoms with Crippen LogP contribution < -0.4 is 5.32 Å². The van der Waals surface area contributed by atoms with Gasteiger partial charge in [0.2, 0.25) is 5.82 Å². The van der Waals surface area contributed by atoms with Gasteiger partial charge in [0, 0.05) is 17.6 Å². The number of rotatable bonds is 2. The molecule has 3 aromatic rings. The molecule has 0 fully saturated rings. The van der Waals surface area contributed by atoms with Gasteiger partial charge in [0.25, 0.3) is 11.7 Å². The average Bonchev–Trinajstić information content (AvgIpc) is 2.83. The van der Waals surface area contributed by atoms with Crippen LogP contribution in [0.2, 0.25) is 0 Å². The van der Waals surface area contributed by atoms with E-state index < -0.39 is 0 Å². The Morgan fingerprint density at radius 3 is 2.52 bits per heavy atom. The number of nitrogens with one attached hydrogen (secondary N) is 1. The zero-order valence-corrected chi connectivity index (χ0v) is 12.1. The van der Waals surface area contributed by atoms with Crippen LogP contribution in [0.4, 0.5) is 5.69 Å². The number of carbonyl (C=O) groups is 1. The van der Waals surface area contributed by atoms with Crippen LogP contribution in [0.1, 0.15) is 27.4 Å². The third-order valence-electron chi connectivity index (χ3n) is 3.11. The molecule has 0 aliphatic carbocycles. The summed E-state index contributed by atoms with van der Waals surface area (Å²) < 4.78 is 1.55. The molecule has 0 atom stereocenters. The minimum absolute atomic E-state index is 0.107. The highest BCUT2D eigenvalue weighted by molar-refractivity contribution is 6.01. The molecular formula is C15H15N5O. The van der Waals surface area contributed by atoms with E-state index >= 15 is 0 Å². The minimum atomic E-state index is -0.343. The fraction of sp³-hybridized carbons (Fsp3) is 0.200. The Morgan fingerprint density at radius 1 is 1.14 bits per heavy atom. The molecule has 3 rings (SSSR count). The molecular weight excluding hydrogens is 266 g/mol. The highest BCUT2D eigenvalue weighted by Gasteiger charge is 2.14. The molecule has 0 saturated heterocycles. The third kappa shape index (κ3) is 2.60. The van der Waals surface area contributed by atoms with Gasteiger partial charge in [-0.3, -0.25) is 4.79 Å². The van der Waals surface area contributed by atoms with Crippen LogP contribution in [0.3, 0.4) is 0 Å². The van der Waals surface area contributed by atoms with Gasteiger partial charge >= 0.3 is 0 Å². The molecule has 0 saturated carbocycles. The van der Waals surface area contributed by atoms with Gasteiger partial charge in [0.15, 0.2) is 0 Å². The van der Waals surface area contributed by atoms with Crippen LogP contribution in [0.5, 0.6) is 0 Å². The molecule has 0 unspecified atom stereocenters.